The molecule has 3 aromatic rings. The van der Waals surface area contributed by atoms with Crippen LogP contribution in [0, 0.1) is 0 Å². The Morgan fingerprint density at radius 1 is 0.867 bits per heavy atom. The molecule has 30 heavy (non-hydrogen) atoms. The minimum atomic E-state index is -0.998. The van der Waals surface area contributed by atoms with E-state index in [-0.39, 0.29) is 5.91 Å². The van der Waals surface area contributed by atoms with Gasteiger partial charge in [0.2, 0.25) is 5.91 Å². The Balaban J connectivity index is 1.46. The maximum Gasteiger partial charge on any atom is 0.265 e. The molecular formula is C22H17N3O4S. The topological polar surface area (TPSA) is 95.6 Å². The highest BCUT2D eigenvalue weighted by molar-refractivity contribution is 7.12. The smallest absolute Gasteiger partial charge is 0.265 e. The first kappa shape index (κ1) is 19.5. The third kappa shape index (κ3) is 3.60. The maximum atomic E-state index is 12.7. The molecule has 1 aliphatic rings. The molecule has 7 nitrogen and oxygen atoms in total. The monoisotopic (exact) mass is 419 g/mol. The fourth-order valence-corrected chi connectivity index (χ4v) is 3.82. The van der Waals surface area contributed by atoms with Crippen LogP contribution in [-0.4, -0.2) is 34.6 Å². The Morgan fingerprint density at radius 2 is 1.50 bits per heavy atom. The van der Waals surface area contributed by atoms with E-state index in [4.69, 9.17) is 0 Å². The summed E-state index contributed by atoms with van der Waals surface area (Å²) in [7, 11) is 0. The SMILES string of the molecule is C[C@@H](C(=O)Nc1cccc(NC(=O)c2cccs2)c1)N1C(=O)c2ccccc2C1=O. The highest BCUT2D eigenvalue weighted by Gasteiger charge is 2.40. The number of amides is 4. The van der Waals surface area contributed by atoms with E-state index in [1.807, 2.05) is 5.38 Å². The van der Waals surface area contributed by atoms with Crippen LogP contribution in [0.15, 0.2) is 66.0 Å². The van der Waals surface area contributed by atoms with Gasteiger partial charge in [0.05, 0.1) is 16.0 Å². The summed E-state index contributed by atoms with van der Waals surface area (Å²) < 4.78 is 0. The molecule has 2 aromatic carbocycles. The van der Waals surface area contributed by atoms with Crippen LogP contribution in [0.4, 0.5) is 11.4 Å². The number of thiophene rings is 1. The van der Waals surface area contributed by atoms with E-state index >= 15 is 0 Å². The summed E-state index contributed by atoms with van der Waals surface area (Å²) >= 11 is 1.33. The fourth-order valence-electron chi connectivity index (χ4n) is 3.20. The lowest BCUT2D eigenvalue weighted by atomic mass is 10.1. The Hall–Kier alpha value is -3.78. The van der Waals surface area contributed by atoms with Gasteiger partial charge in [-0.15, -0.1) is 11.3 Å². The average Bonchev–Trinajstić information content (AvgIpc) is 3.36. The van der Waals surface area contributed by atoms with Crippen LogP contribution >= 0.6 is 11.3 Å². The van der Waals surface area contributed by atoms with Gasteiger partial charge in [0.25, 0.3) is 17.7 Å². The van der Waals surface area contributed by atoms with E-state index in [1.165, 1.54) is 18.3 Å². The molecule has 0 spiro atoms. The predicted molar refractivity (Wildman–Crippen MR) is 114 cm³/mol. The Kier molecular flexibility index (Phi) is 5.16. The van der Waals surface area contributed by atoms with Crippen LogP contribution in [0.5, 0.6) is 0 Å². The minimum Gasteiger partial charge on any atom is -0.324 e. The van der Waals surface area contributed by atoms with Crippen molar-refractivity contribution in [2.45, 2.75) is 13.0 Å². The van der Waals surface area contributed by atoms with Crippen molar-refractivity contribution in [1.29, 1.82) is 0 Å². The molecule has 0 unspecified atom stereocenters. The van der Waals surface area contributed by atoms with Crippen LogP contribution in [0.2, 0.25) is 0 Å². The molecule has 150 valence electrons. The fraction of sp³-hybridized carbons (Fsp3) is 0.0909. The summed E-state index contributed by atoms with van der Waals surface area (Å²) in [6, 6.07) is 15.7. The zero-order valence-electron chi connectivity index (χ0n) is 15.9. The number of hydrogen-bond acceptors (Lipinski definition) is 5. The summed E-state index contributed by atoms with van der Waals surface area (Å²) in [6.45, 7) is 1.50. The minimum absolute atomic E-state index is 0.243. The normalized spacial score (nSPS) is 13.7. The Morgan fingerprint density at radius 3 is 2.10 bits per heavy atom. The number of rotatable bonds is 5. The van der Waals surface area contributed by atoms with Crippen molar-refractivity contribution in [3.8, 4) is 0 Å². The lowest BCUT2D eigenvalue weighted by Crippen LogP contribution is -2.45. The lowest BCUT2D eigenvalue weighted by molar-refractivity contribution is -0.119. The van der Waals surface area contributed by atoms with Gasteiger partial charge in [0, 0.05) is 11.4 Å². The van der Waals surface area contributed by atoms with Crippen LogP contribution < -0.4 is 10.6 Å². The molecule has 8 heteroatoms. The number of nitrogens with one attached hydrogen (secondary N) is 2. The van der Waals surface area contributed by atoms with Gasteiger partial charge in [-0.25, -0.2) is 0 Å². The van der Waals surface area contributed by atoms with Crippen molar-refractivity contribution in [3.05, 3.63) is 82.0 Å². The lowest BCUT2D eigenvalue weighted by Gasteiger charge is -2.21. The van der Waals surface area contributed by atoms with Crippen molar-refractivity contribution in [2.24, 2.45) is 0 Å². The van der Waals surface area contributed by atoms with Gasteiger partial charge in [0.1, 0.15) is 6.04 Å². The predicted octanol–water partition coefficient (Wildman–Crippen LogP) is 3.62. The third-order valence-corrected chi connectivity index (χ3v) is 5.59. The molecule has 0 aliphatic carbocycles. The zero-order valence-corrected chi connectivity index (χ0v) is 16.7. The molecule has 4 rings (SSSR count). The zero-order chi connectivity index (χ0) is 21.3. The Labute approximate surface area is 176 Å². The average molecular weight is 419 g/mol. The molecule has 0 fully saturated rings. The largest absolute Gasteiger partial charge is 0.324 e. The molecule has 0 bridgehead atoms. The van der Waals surface area contributed by atoms with E-state index in [0.29, 0.717) is 27.4 Å². The van der Waals surface area contributed by atoms with Crippen LogP contribution in [-0.2, 0) is 4.79 Å². The third-order valence-electron chi connectivity index (χ3n) is 4.73. The van der Waals surface area contributed by atoms with Crippen LogP contribution in [0.1, 0.15) is 37.3 Å². The quantitative estimate of drug-likeness (QED) is 0.618. The van der Waals surface area contributed by atoms with E-state index in [0.717, 1.165) is 4.90 Å². The number of imide groups is 1. The number of hydrogen-bond donors (Lipinski definition) is 2. The molecule has 0 saturated carbocycles. The second kappa shape index (κ2) is 7.92. The van der Waals surface area contributed by atoms with Gasteiger partial charge in [-0.1, -0.05) is 24.3 Å². The molecular weight excluding hydrogens is 402 g/mol. The summed E-state index contributed by atoms with van der Waals surface area (Å²) in [5.41, 5.74) is 1.54. The number of fused-ring (bicyclic) bond motifs is 1. The molecule has 4 amide bonds. The van der Waals surface area contributed by atoms with E-state index in [1.54, 1.807) is 60.7 Å². The van der Waals surface area contributed by atoms with Gasteiger partial charge in [-0.05, 0) is 48.7 Å². The molecule has 1 atom stereocenters. The van der Waals surface area contributed by atoms with Crippen molar-refractivity contribution in [3.63, 3.8) is 0 Å². The molecule has 1 aliphatic heterocycles. The molecule has 1 aromatic heterocycles. The molecule has 2 N–H and O–H groups in total. The standard InChI is InChI=1S/C22H17N3O4S/c1-13(25-21(28)16-8-2-3-9-17(16)22(25)29)19(26)23-14-6-4-7-15(12-14)24-20(27)18-10-5-11-30-18/h2-13H,1H3,(H,23,26)(H,24,27)/t13-/m0/s1. The van der Waals surface area contributed by atoms with E-state index in [9.17, 15) is 19.2 Å². The number of anilines is 2. The van der Waals surface area contributed by atoms with Crippen molar-refractivity contribution in [1.82, 2.24) is 4.90 Å². The molecule has 2 heterocycles. The first-order valence-corrected chi connectivity index (χ1v) is 10.1. The van der Waals surface area contributed by atoms with E-state index < -0.39 is 23.8 Å². The van der Waals surface area contributed by atoms with Crippen LogP contribution in [0.3, 0.4) is 0 Å². The number of nitrogens with zero attached hydrogens (tertiary/aromatic N) is 1. The first-order valence-electron chi connectivity index (χ1n) is 9.18. The van der Waals surface area contributed by atoms with Gasteiger partial charge < -0.3 is 10.6 Å². The maximum absolute atomic E-state index is 12.7. The van der Waals surface area contributed by atoms with Crippen molar-refractivity contribution >= 4 is 46.3 Å². The summed E-state index contributed by atoms with van der Waals surface area (Å²) in [6.07, 6.45) is 0. The Bertz CT molecular complexity index is 1120. The van der Waals surface area contributed by atoms with Gasteiger partial charge in [0.15, 0.2) is 0 Å². The number of carbonyl (C=O) groups is 4. The summed E-state index contributed by atoms with van der Waals surface area (Å²) in [4.78, 5) is 51.6. The van der Waals surface area contributed by atoms with Gasteiger partial charge in [-0.2, -0.15) is 0 Å². The summed E-state index contributed by atoms with van der Waals surface area (Å²) in [5, 5.41) is 7.28. The van der Waals surface area contributed by atoms with E-state index in [2.05, 4.69) is 10.6 Å². The van der Waals surface area contributed by atoms with Crippen molar-refractivity contribution < 1.29 is 19.2 Å². The number of benzene rings is 2. The van der Waals surface area contributed by atoms with Crippen LogP contribution in [0.25, 0.3) is 0 Å². The highest BCUT2D eigenvalue weighted by atomic mass is 32.1. The molecule has 0 radical (unpaired) electrons. The first-order chi connectivity index (χ1) is 14.5. The second-order valence-corrected chi connectivity index (χ2v) is 7.65. The number of carbonyl (C=O) groups excluding carboxylic acids is 4. The molecule has 0 saturated heterocycles. The summed E-state index contributed by atoms with van der Waals surface area (Å²) in [5.74, 6) is -1.73. The highest BCUT2D eigenvalue weighted by Crippen LogP contribution is 2.25. The van der Waals surface area contributed by atoms with Gasteiger partial charge >= 0.3 is 0 Å². The second-order valence-electron chi connectivity index (χ2n) is 6.70. The van der Waals surface area contributed by atoms with Crippen molar-refractivity contribution in [2.75, 3.05) is 10.6 Å². The van der Waals surface area contributed by atoms with Gasteiger partial charge in [-0.3, -0.25) is 24.1 Å².